The van der Waals surface area contributed by atoms with Crippen LogP contribution in [0.4, 0.5) is 0 Å². The van der Waals surface area contributed by atoms with Gasteiger partial charge in [0.1, 0.15) is 0 Å². The number of imide groups is 1. The van der Waals surface area contributed by atoms with E-state index in [0.717, 1.165) is 4.90 Å². The number of carbonyl (C=O) groups excluding carboxylic acids is 2. The Morgan fingerprint density at radius 3 is 2.59 bits per heavy atom. The molecule has 96 valence electrons. The van der Waals surface area contributed by atoms with Gasteiger partial charge in [-0.05, 0) is 12.8 Å². The van der Waals surface area contributed by atoms with Gasteiger partial charge in [0.25, 0.3) is 0 Å². The van der Waals surface area contributed by atoms with E-state index >= 15 is 0 Å². The first kappa shape index (κ1) is 12.5. The maximum absolute atomic E-state index is 11.8. The van der Waals surface area contributed by atoms with E-state index in [9.17, 15) is 14.7 Å². The number of aliphatic hydroxyl groups is 1. The molecule has 6 heteroatoms. The summed E-state index contributed by atoms with van der Waals surface area (Å²) in [5, 5.41) is 12.6. The molecule has 2 aliphatic heterocycles. The predicted octanol–water partition coefficient (Wildman–Crippen LogP) is -1.13. The van der Waals surface area contributed by atoms with Crippen molar-refractivity contribution in [2.45, 2.75) is 30.8 Å². The lowest BCUT2D eigenvalue weighted by Gasteiger charge is -2.38. The van der Waals surface area contributed by atoms with E-state index in [2.05, 4.69) is 5.32 Å². The molecule has 2 N–H and O–H groups in total. The van der Waals surface area contributed by atoms with Gasteiger partial charge >= 0.3 is 0 Å². The minimum absolute atomic E-state index is 0.0436. The molecule has 0 aromatic rings. The predicted molar refractivity (Wildman–Crippen MR) is 59.2 cm³/mol. The van der Waals surface area contributed by atoms with Crippen LogP contribution in [0.15, 0.2) is 0 Å². The molecule has 0 aliphatic carbocycles. The second-order valence-electron chi connectivity index (χ2n) is 4.74. The topological polar surface area (TPSA) is 78.9 Å². The highest BCUT2D eigenvalue weighted by molar-refractivity contribution is 6.05. The molecular weight excluding hydrogens is 224 g/mol. The first-order valence-corrected chi connectivity index (χ1v) is 5.85. The summed E-state index contributed by atoms with van der Waals surface area (Å²) in [4.78, 5) is 24.3. The first-order chi connectivity index (χ1) is 8.08. The molecule has 2 saturated heterocycles. The van der Waals surface area contributed by atoms with E-state index in [1.807, 2.05) is 0 Å². The van der Waals surface area contributed by atoms with Gasteiger partial charge in [-0.2, -0.15) is 0 Å². The molecule has 2 aliphatic rings. The van der Waals surface area contributed by atoms with Crippen molar-refractivity contribution in [3.05, 3.63) is 0 Å². The second kappa shape index (κ2) is 4.72. The fraction of sp³-hybridized carbons (Fsp3) is 0.818. The van der Waals surface area contributed by atoms with Crippen LogP contribution in [0.25, 0.3) is 0 Å². The third-order valence-electron chi connectivity index (χ3n) is 3.61. The number of ether oxygens (including phenoxy) is 1. The van der Waals surface area contributed by atoms with Crippen LogP contribution in [0.3, 0.4) is 0 Å². The van der Waals surface area contributed by atoms with Crippen molar-refractivity contribution in [3.8, 4) is 0 Å². The van der Waals surface area contributed by atoms with Crippen LogP contribution in [0.2, 0.25) is 0 Å². The highest BCUT2D eigenvalue weighted by Gasteiger charge is 2.42. The van der Waals surface area contributed by atoms with Crippen molar-refractivity contribution in [3.63, 3.8) is 0 Å². The molecule has 2 rings (SSSR count). The Morgan fingerprint density at radius 2 is 2.12 bits per heavy atom. The molecule has 2 heterocycles. The summed E-state index contributed by atoms with van der Waals surface area (Å²) in [5.41, 5.74) is -0.482. The summed E-state index contributed by atoms with van der Waals surface area (Å²) in [7, 11) is 1.49. The number of hydrogen-bond acceptors (Lipinski definition) is 5. The van der Waals surface area contributed by atoms with Gasteiger partial charge in [0.05, 0.1) is 19.1 Å². The number of hydrogen-bond donors (Lipinski definition) is 2. The number of aliphatic hydroxyl groups excluding tert-OH is 1. The van der Waals surface area contributed by atoms with Crippen LogP contribution in [0.5, 0.6) is 0 Å². The zero-order valence-corrected chi connectivity index (χ0v) is 9.94. The maximum Gasteiger partial charge on any atom is 0.246 e. The fourth-order valence-electron chi connectivity index (χ4n) is 2.35. The summed E-state index contributed by atoms with van der Waals surface area (Å²) in [5.74, 6) is -0.387. The molecule has 1 atom stereocenters. The average Bonchev–Trinajstić information content (AvgIpc) is 2.58. The van der Waals surface area contributed by atoms with Gasteiger partial charge in [-0.15, -0.1) is 0 Å². The van der Waals surface area contributed by atoms with E-state index in [1.165, 1.54) is 7.05 Å². The van der Waals surface area contributed by atoms with Crippen LogP contribution in [-0.2, 0) is 14.3 Å². The highest BCUT2D eigenvalue weighted by Crippen LogP contribution is 2.23. The van der Waals surface area contributed by atoms with Gasteiger partial charge in [0.15, 0.2) is 0 Å². The van der Waals surface area contributed by atoms with Gasteiger partial charge in [0.2, 0.25) is 11.8 Å². The number of rotatable bonds is 3. The van der Waals surface area contributed by atoms with Gasteiger partial charge in [-0.3, -0.25) is 19.8 Å². The van der Waals surface area contributed by atoms with Crippen LogP contribution in [-0.4, -0.2) is 60.3 Å². The Bertz CT molecular complexity index is 325. The third-order valence-corrected chi connectivity index (χ3v) is 3.61. The summed E-state index contributed by atoms with van der Waals surface area (Å²) in [6, 6.07) is -0.502. The third kappa shape index (κ3) is 2.34. The number of likely N-dealkylation sites (N-methyl/N-ethyl adjacent to an activating group) is 1. The van der Waals surface area contributed by atoms with Crippen molar-refractivity contribution in [1.29, 1.82) is 0 Å². The van der Waals surface area contributed by atoms with E-state index in [1.54, 1.807) is 0 Å². The van der Waals surface area contributed by atoms with Crippen LogP contribution < -0.4 is 5.32 Å². The van der Waals surface area contributed by atoms with Gasteiger partial charge in [-0.1, -0.05) is 0 Å². The SMILES string of the molecule is CN1C(=O)CC(NC2(CO)CCOCC2)C1=O. The van der Waals surface area contributed by atoms with Crippen molar-refractivity contribution in [1.82, 2.24) is 10.2 Å². The Balaban J connectivity index is 2.04. The smallest absolute Gasteiger partial charge is 0.246 e. The zero-order chi connectivity index (χ0) is 12.5. The summed E-state index contributed by atoms with van der Waals surface area (Å²) in [6.07, 6.45) is 1.49. The molecule has 0 saturated carbocycles. The molecule has 0 aromatic carbocycles. The molecule has 0 bridgehead atoms. The van der Waals surface area contributed by atoms with Crippen molar-refractivity contribution in [2.75, 3.05) is 26.9 Å². The Hall–Kier alpha value is -0.980. The van der Waals surface area contributed by atoms with E-state index in [-0.39, 0.29) is 24.8 Å². The molecular formula is C11H18N2O4. The molecule has 1 unspecified atom stereocenters. The molecule has 0 radical (unpaired) electrons. The molecule has 2 fully saturated rings. The molecule has 6 nitrogen and oxygen atoms in total. The molecule has 17 heavy (non-hydrogen) atoms. The quantitative estimate of drug-likeness (QED) is 0.613. The number of carbonyl (C=O) groups is 2. The van der Waals surface area contributed by atoms with Crippen molar-refractivity contribution in [2.24, 2.45) is 0 Å². The monoisotopic (exact) mass is 242 g/mol. The van der Waals surface area contributed by atoms with Crippen molar-refractivity contribution >= 4 is 11.8 Å². The number of likely N-dealkylation sites (tertiary alicyclic amines) is 1. The standard InChI is InChI=1S/C11H18N2O4/c1-13-9(15)6-8(10(13)16)12-11(7-14)2-4-17-5-3-11/h8,12,14H,2-7H2,1H3. The van der Waals surface area contributed by atoms with Gasteiger partial charge < -0.3 is 9.84 Å². The number of nitrogens with one attached hydrogen (secondary N) is 1. The Kier molecular flexibility index (Phi) is 3.46. The average molecular weight is 242 g/mol. The summed E-state index contributed by atoms with van der Waals surface area (Å²) >= 11 is 0. The zero-order valence-electron chi connectivity index (χ0n) is 9.94. The molecule has 2 amide bonds. The minimum atomic E-state index is -0.502. The largest absolute Gasteiger partial charge is 0.394 e. The van der Waals surface area contributed by atoms with Crippen molar-refractivity contribution < 1.29 is 19.4 Å². The lowest BCUT2D eigenvalue weighted by Crippen LogP contribution is -2.57. The Morgan fingerprint density at radius 1 is 1.47 bits per heavy atom. The van der Waals surface area contributed by atoms with Crippen LogP contribution >= 0.6 is 0 Å². The molecule has 0 aromatic heterocycles. The summed E-state index contributed by atoms with van der Waals surface area (Å²) < 4.78 is 5.25. The molecule has 0 spiro atoms. The Labute approximate surface area is 99.9 Å². The summed E-state index contributed by atoms with van der Waals surface area (Å²) in [6.45, 7) is 1.09. The van der Waals surface area contributed by atoms with E-state index in [0.29, 0.717) is 26.1 Å². The lowest BCUT2D eigenvalue weighted by molar-refractivity contribution is -0.137. The van der Waals surface area contributed by atoms with Gasteiger partial charge in [0, 0.05) is 25.8 Å². The van der Waals surface area contributed by atoms with E-state index in [4.69, 9.17) is 4.74 Å². The first-order valence-electron chi connectivity index (χ1n) is 5.85. The maximum atomic E-state index is 11.8. The van der Waals surface area contributed by atoms with Gasteiger partial charge in [-0.25, -0.2) is 0 Å². The van der Waals surface area contributed by atoms with Crippen LogP contribution in [0.1, 0.15) is 19.3 Å². The lowest BCUT2D eigenvalue weighted by atomic mass is 9.90. The highest BCUT2D eigenvalue weighted by atomic mass is 16.5. The second-order valence-corrected chi connectivity index (χ2v) is 4.74. The minimum Gasteiger partial charge on any atom is -0.394 e. The number of amides is 2. The van der Waals surface area contributed by atoms with Crippen LogP contribution in [0, 0.1) is 0 Å². The normalized spacial score (nSPS) is 28.8. The van der Waals surface area contributed by atoms with E-state index < -0.39 is 11.6 Å². The number of nitrogens with zero attached hydrogens (tertiary/aromatic N) is 1. The fourth-order valence-corrected chi connectivity index (χ4v) is 2.35.